The number of carbonyl (C=O) groups excluding carboxylic acids is 1. The third-order valence-corrected chi connectivity index (χ3v) is 3.66. The first-order valence-corrected chi connectivity index (χ1v) is 6.82. The highest BCUT2D eigenvalue weighted by molar-refractivity contribution is 6.12. The number of aromatic amines is 1. The van der Waals surface area contributed by atoms with Gasteiger partial charge in [-0.25, -0.2) is 4.79 Å². The minimum Gasteiger partial charge on any atom is -0.327 e. The second-order valence-electron chi connectivity index (χ2n) is 5.19. The van der Waals surface area contributed by atoms with Gasteiger partial charge in [0.05, 0.1) is 11.8 Å². The van der Waals surface area contributed by atoms with Crippen LogP contribution in [0.4, 0.5) is 0 Å². The van der Waals surface area contributed by atoms with E-state index in [0.29, 0.717) is 28.5 Å². The Kier molecular flexibility index (Phi) is 2.50. The van der Waals surface area contributed by atoms with Crippen molar-refractivity contribution in [2.45, 2.75) is 18.8 Å². The lowest BCUT2D eigenvalue weighted by atomic mass is 10.1. The quantitative estimate of drug-likeness (QED) is 0.738. The average Bonchev–Trinajstić information content (AvgIpc) is 3.27. The Hall–Kier alpha value is -2.76. The molecule has 4 rings (SSSR count). The molecule has 104 valence electrons. The van der Waals surface area contributed by atoms with Gasteiger partial charge in [-0.05, 0) is 12.8 Å². The normalized spacial score (nSPS) is 14.5. The maximum Gasteiger partial charge on any atom is 0.371 e. The Morgan fingerprint density at radius 1 is 1.24 bits per heavy atom. The van der Waals surface area contributed by atoms with E-state index >= 15 is 0 Å². The molecule has 1 fully saturated rings. The van der Waals surface area contributed by atoms with Crippen molar-refractivity contribution in [2.75, 3.05) is 0 Å². The lowest BCUT2D eigenvalue weighted by Gasteiger charge is -2.01. The molecule has 0 unspecified atom stereocenters. The van der Waals surface area contributed by atoms with E-state index in [1.54, 1.807) is 24.3 Å². The standard InChI is InChI=1S/C15H12N4O2/c20-12(9-4-2-1-3-5-9)11-8-16-19-14(11)17-13(10-6-7-10)18-15(19)21/h1-5,8,10H,6-7H2,(H,17,18,21). The summed E-state index contributed by atoms with van der Waals surface area (Å²) in [6.07, 6.45) is 3.46. The van der Waals surface area contributed by atoms with Crippen molar-refractivity contribution in [3.63, 3.8) is 0 Å². The van der Waals surface area contributed by atoms with Crippen LogP contribution in [0.1, 0.15) is 40.5 Å². The van der Waals surface area contributed by atoms with Gasteiger partial charge in [-0.2, -0.15) is 14.6 Å². The summed E-state index contributed by atoms with van der Waals surface area (Å²) in [7, 11) is 0. The van der Waals surface area contributed by atoms with E-state index in [4.69, 9.17) is 0 Å². The van der Waals surface area contributed by atoms with Crippen molar-refractivity contribution in [2.24, 2.45) is 0 Å². The number of benzene rings is 1. The number of nitrogens with one attached hydrogen (secondary N) is 1. The molecule has 0 amide bonds. The Morgan fingerprint density at radius 3 is 2.71 bits per heavy atom. The summed E-state index contributed by atoms with van der Waals surface area (Å²) >= 11 is 0. The van der Waals surface area contributed by atoms with Gasteiger partial charge in [0, 0.05) is 11.5 Å². The smallest absolute Gasteiger partial charge is 0.327 e. The van der Waals surface area contributed by atoms with Gasteiger partial charge in [-0.3, -0.25) is 4.79 Å². The van der Waals surface area contributed by atoms with Crippen LogP contribution < -0.4 is 5.69 Å². The second kappa shape index (κ2) is 4.37. The van der Waals surface area contributed by atoms with Crippen molar-refractivity contribution in [3.8, 4) is 0 Å². The number of aromatic nitrogens is 4. The van der Waals surface area contributed by atoms with Crippen LogP contribution in [0.15, 0.2) is 41.3 Å². The molecule has 0 radical (unpaired) electrons. The van der Waals surface area contributed by atoms with Gasteiger partial charge in [0.2, 0.25) is 0 Å². The average molecular weight is 280 g/mol. The Morgan fingerprint density at radius 2 is 2.00 bits per heavy atom. The number of fused-ring (bicyclic) bond motifs is 1. The molecule has 6 nitrogen and oxygen atoms in total. The molecular weight excluding hydrogens is 268 g/mol. The van der Waals surface area contributed by atoms with Gasteiger partial charge < -0.3 is 4.98 Å². The van der Waals surface area contributed by atoms with Gasteiger partial charge in [-0.1, -0.05) is 30.3 Å². The molecule has 1 aliphatic carbocycles. The fourth-order valence-electron chi connectivity index (χ4n) is 2.37. The number of hydrogen-bond donors (Lipinski definition) is 1. The lowest BCUT2D eigenvalue weighted by Crippen LogP contribution is -2.21. The van der Waals surface area contributed by atoms with Gasteiger partial charge in [0.15, 0.2) is 11.4 Å². The largest absolute Gasteiger partial charge is 0.371 e. The Balaban J connectivity index is 1.89. The molecule has 0 spiro atoms. The van der Waals surface area contributed by atoms with Crippen molar-refractivity contribution in [1.29, 1.82) is 0 Å². The zero-order chi connectivity index (χ0) is 14.4. The van der Waals surface area contributed by atoms with Crippen LogP contribution in [0.5, 0.6) is 0 Å². The number of nitrogens with zero attached hydrogens (tertiary/aromatic N) is 3. The van der Waals surface area contributed by atoms with Crippen LogP contribution in [0.2, 0.25) is 0 Å². The summed E-state index contributed by atoms with van der Waals surface area (Å²) in [6, 6.07) is 8.95. The van der Waals surface area contributed by atoms with Crippen LogP contribution in [-0.2, 0) is 0 Å². The molecule has 21 heavy (non-hydrogen) atoms. The van der Waals surface area contributed by atoms with Crippen LogP contribution in [0.25, 0.3) is 5.65 Å². The fourth-order valence-corrected chi connectivity index (χ4v) is 2.37. The van der Waals surface area contributed by atoms with Gasteiger partial charge in [-0.15, -0.1) is 0 Å². The molecule has 2 aromatic heterocycles. The van der Waals surface area contributed by atoms with E-state index in [2.05, 4.69) is 15.1 Å². The zero-order valence-electron chi connectivity index (χ0n) is 11.1. The van der Waals surface area contributed by atoms with Crippen LogP contribution >= 0.6 is 0 Å². The summed E-state index contributed by atoms with van der Waals surface area (Å²) in [5.41, 5.74) is 0.934. The molecule has 1 saturated carbocycles. The SMILES string of the molecule is O=C(c1ccccc1)c1cnn2c(=O)nc(C3CC3)[nH]c12. The van der Waals surface area contributed by atoms with E-state index in [1.807, 2.05) is 6.07 Å². The van der Waals surface area contributed by atoms with E-state index in [1.165, 1.54) is 6.20 Å². The zero-order valence-corrected chi connectivity index (χ0v) is 11.1. The first-order valence-electron chi connectivity index (χ1n) is 6.82. The number of ketones is 1. The Bertz CT molecular complexity index is 891. The predicted molar refractivity (Wildman–Crippen MR) is 75.5 cm³/mol. The molecule has 0 atom stereocenters. The highest BCUT2D eigenvalue weighted by Gasteiger charge is 2.28. The third-order valence-electron chi connectivity index (χ3n) is 3.66. The molecular formula is C15H12N4O2. The predicted octanol–water partition coefficient (Wildman–Crippen LogP) is 1.53. The van der Waals surface area contributed by atoms with Gasteiger partial charge in [0.25, 0.3) is 0 Å². The molecule has 2 heterocycles. The first-order chi connectivity index (χ1) is 10.2. The molecule has 0 bridgehead atoms. The lowest BCUT2D eigenvalue weighted by molar-refractivity contribution is 0.104. The van der Waals surface area contributed by atoms with Crippen LogP contribution in [-0.4, -0.2) is 25.4 Å². The summed E-state index contributed by atoms with van der Waals surface area (Å²) in [5.74, 6) is 0.793. The molecule has 1 N–H and O–H groups in total. The van der Waals surface area contributed by atoms with Gasteiger partial charge >= 0.3 is 5.69 Å². The topological polar surface area (TPSA) is 80.1 Å². The van der Waals surface area contributed by atoms with E-state index in [0.717, 1.165) is 17.4 Å². The summed E-state index contributed by atoms with van der Waals surface area (Å²) in [6.45, 7) is 0. The second-order valence-corrected chi connectivity index (χ2v) is 5.19. The van der Waals surface area contributed by atoms with Crippen molar-refractivity contribution in [1.82, 2.24) is 19.6 Å². The number of carbonyl (C=O) groups is 1. The van der Waals surface area contributed by atoms with E-state index < -0.39 is 5.69 Å². The molecule has 3 aromatic rings. The van der Waals surface area contributed by atoms with Crippen molar-refractivity contribution < 1.29 is 4.79 Å². The van der Waals surface area contributed by atoms with E-state index in [9.17, 15) is 9.59 Å². The maximum atomic E-state index is 12.5. The minimum absolute atomic E-state index is 0.158. The molecule has 1 aliphatic rings. The maximum absolute atomic E-state index is 12.5. The van der Waals surface area contributed by atoms with Crippen LogP contribution in [0.3, 0.4) is 0 Å². The highest BCUT2D eigenvalue weighted by Crippen LogP contribution is 2.37. The number of hydrogen-bond acceptors (Lipinski definition) is 4. The van der Waals surface area contributed by atoms with Gasteiger partial charge in [0.1, 0.15) is 5.82 Å². The molecule has 1 aromatic carbocycles. The number of H-pyrrole nitrogens is 1. The third kappa shape index (κ3) is 1.96. The summed E-state index contributed by atoms with van der Waals surface area (Å²) in [5, 5.41) is 3.98. The van der Waals surface area contributed by atoms with Crippen LogP contribution in [0, 0.1) is 0 Å². The fraction of sp³-hybridized carbons (Fsp3) is 0.200. The van der Waals surface area contributed by atoms with Crippen molar-refractivity contribution in [3.05, 3.63) is 64.0 Å². The van der Waals surface area contributed by atoms with E-state index in [-0.39, 0.29) is 5.78 Å². The summed E-state index contributed by atoms with van der Waals surface area (Å²) in [4.78, 5) is 31.6. The minimum atomic E-state index is -0.447. The first kappa shape index (κ1) is 12.0. The molecule has 6 heteroatoms. The molecule has 0 saturated heterocycles. The van der Waals surface area contributed by atoms with Crippen molar-refractivity contribution >= 4 is 11.4 Å². The number of rotatable bonds is 3. The monoisotopic (exact) mass is 280 g/mol. The Labute approximate surface area is 119 Å². The highest BCUT2D eigenvalue weighted by atomic mass is 16.1. The summed E-state index contributed by atoms with van der Waals surface area (Å²) < 4.78 is 1.14. The molecule has 0 aliphatic heterocycles.